The van der Waals surface area contributed by atoms with Crippen LogP contribution in [0.3, 0.4) is 0 Å². The van der Waals surface area contributed by atoms with Gasteiger partial charge in [0.2, 0.25) is 0 Å². The Morgan fingerprint density at radius 3 is 2.62 bits per heavy atom. The molecule has 13 heavy (non-hydrogen) atoms. The Morgan fingerprint density at radius 2 is 2.15 bits per heavy atom. The highest BCUT2D eigenvalue weighted by molar-refractivity contribution is 5.12. The van der Waals surface area contributed by atoms with E-state index in [9.17, 15) is 0 Å². The molecule has 0 unspecified atom stereocenters. The Labute approximate surface area is 79.4 Å². The summed E-state index contributed by atoms with van der Waals surface area (Å²) in [5, 5.41) is 0. The Morgan fingerprint density at radius 1 is 1.46 bits per heavy atom. The Bertz CT molecular complexity index is 297. The van der Waals surface area contributed by atoms with E-state index >= 15 is 0 Å². The highest BCUT2D eigenvalue weighted by atomic mass is 16.4. The van der Waals surface area contributed by atoms with Crippen molar-refractivity contribution < 1.29 is 4.42 Å². The predicted molar refractivity (Wildman–Crippen MR) is 51.8 cm³/mol. The molecular weight excluding hydrogens is 162 g/mol. The third-order valence-electron chi connectivity index (χ3n) is 2.56. The summed E-state index contributed by atoms with van der Waals surface area (Å²) in [4.78, 5) is 4.45. The smallest absolute Gasteiger partial charge is 0.194 e. The van der Waals surface area contributed by atoms with E-state index in [2.05, 4.69) is 18.8 Å². The lowest BCUT2D eigenvalue weighted by Crippen LogP contribution is -1.86. The normalized spacial score (nSPS) is 16.9. The number of hydrogen-bond donors (Lipinski definition) is 0. The van der Waals surface area contributed by atoms with Crippen molar-refractivity contribution in [2.45, 2.75) is 46.0 Å². The minimum Gasteiger partial charge on any atom is -0.445 e. The molecule has 1 aliphatic rings. The molecule has 1 aromatic heterocycles. The van der Waals surface area contributed by atoms with Crippen molar-refractivity contribution in [2.75, 3.05) is 0 Å². The average Bonchev–Trinajstić information content (AvgIpc) is 2.75. The first-order chi connectivity index (χ1) is 6.16. The Hall–Kier alpha value is -0.790. The van der Waals surface area contributed by atoms with Crippen molar-refractivity contribution in [3.63, 3.8) is 0 Å². The summed E-state index contributed by atoms with van der Waals surface area (Å²) >= 11 is 0. The molecule has 72 valence electrons. The molecule has 0 atom stereocenters. The fourth-order valence-corrected chi connectivity index (χ4v) is 1.66. The van der Waals surface area contributed by atoms with E-state index in [1.807, 2.05) is 6.92 Å². The van der Waals surface area contributed by atoms with Crippen LogP contribution in [0.25, 0.3) is 0 Å². The van der Waals surface area contributed by atoms with Gasteiger partial charge in [0.15, 0.2) is 5.89 Å². The van der Waals surface area contributed by atoms with Crippen LogP contribution in [-0.4, -0.2) is 4.98 Å². The third kappa shape index (κ3) is 1.93. The standard InChI is InChI=1S/C11H17NO/c1-7(2)11-8(3)12-10(13-11)6-9-4-5-9/h7,9H,4-6H2,1-3H3. The molecule has 2 rings (SSSR count). The molecule has 1 fully saturated rings. The lowest BCUT2D eigenvalue weighted by molar-refractivity contribution is 0.430. The SMILES string of the molecule is Cc1nc(CC2CC2)oc1C(C)C. The second kappa shape index (κ2) is 3.17. The highest BCUT2D eigenvalue weighted by Gasteiger charge is 2.24. The Balaban J connectivity index is 2.13. The van der Waals surface area contributed by atoms with Gasteiger partial charge in [0, 0.05) is 12.3 Å². The molecule has 0 bridgehead atoms. The van der Waals surface area contributed by atoms with Crippen LogP contribution in [0.1, 0.15) is 50.0 Å². The molecule has 1 aliphatic carbocycles. The van der Waals surface area contributed by atoms with Crippen molar-refractivity contribution in [3.05, 3.63) is 17.3 Å². The maximum atomic E-state index is 5.72. The minimum absolute atomic E-state index is 0.459. The zero-order valence-corrected chi connectivity index (χ0v) is 8.63. The highest BCUT2D eigenvalue weighted by Crippen LogP contribution is 2.33. The molecule has 1 heterocycles. The molecule has 0 aliphatic heterocycles. The molecule has 0 saturated heterocycles. The van der Waals surface area contributed by atoms with Crippen LogP contribution in [0.5, 0.6) is 0 Å². The number of oxazole rings is 1. The number of nitrogens with zero attached hydrogens (tertiary/aromatic N) is 1. The summed E-state index contributed by atoms with van der Waals surface area (Å²) in [6, 6.07) is 0. The second-order valence-corrected chi connectivity index (χ2v) is 4.36. The van der Waals surface area contributed by atoms with Gasteiger partial charge in [-0.1, -0.05) is 13.8 Å². The van der Waals surface area contributed by atoms with Crippen LogP contribution in [0.15, 0.2) is 4.42 Å². The van der Waals surface area contributed by atoms with Crippen LogP contribution >= 0.6 is 0 Å². The van der Waals surface area contributed by atoms with Gasteiger partial charge in [-0.15, -0.1) is 0 Å². The summed E-state index contributed by atoms with van der Waals surface area (Å²) in [6.07, 6.45) is 3.77. The zero-order chi connectivity index (χ0) is 9.42. The predicted octanol–water partition coefficient (Wildman–Crippen LogP) is 3.06. The van der Waals surface area contributed by atoms with Gasteiger partial charge in [-0.05, 0) is 25.7 Å². The topological polar surface area (TPSA) is 26.0 Å². The monoisotopic (exact) mass is 179 g/mol. The first-order valence-corrected chi connectivity index (χ1v) is 5.13. The summed E-state index contributed by atoms with van der Waals surface area (Å²) < 4.78 is 5.72. The van der Waals surface area contributed by atoms with Crippen molar-refractivity contribution in [3.8, 4) is 0 Å². The summed E-state index contributed by atoms with van der Waals surface area (Å²) in [5.41, 5.74) is 1.07. The van der Waals surface area contributed by atoms with E-state index in [-0.39, 0.29) is 0 Å². The van der Waals surface area contributed by atoms with Gasteiger partial charge in [0.1, 0.15) is 5.76 Å². The fourth-order valence-electron chi connectivity index (χ4n) is 1.66. The largest absolute Gasteiger partial charge is 0.445 e. The van der Waals surface area contributed by atoms with E-state index in [0.29, 0.717) is 5.92 Å². The van der Waals surface area contributed by atoms with Crippen molar-refractivity contribution in [2.24, 2.45) is 5.92 Å². The maximum absolute atomic E-state index is 5.72. The summed E-state index contributed by atoms with van der Waals surface area (Å²) in [7, 11) is 0. The fraction of sp³-hybridized carbons (Fsp3) is 0.727. The van der Waals surface area contributed by atoms with Gasteiger partial charge in [-0.3, -0.25) is 0 Å². The molecule has 0 spiro atoms. The van der Waals surface area contributed by atoms with E-state index < -0.39 is 0 Å². The third-order valence-corrected chi connectivity index (χ3v) is 2.56. The lowest BCUT2D eigenvalue weighted by Gasteiger charge is -1.98. The molecular formula is C11H17NO. The Kier molecular flexibility index (Phi) is 2.14. The van der Waals surface area contributed by atoms with Crippen molar-refractivity contribution in [1.82, 2.24) is 4.98 Å². The molecule has 0 amide bonds. The van der Waals surface area contributed by atoms with Crippen LogP contribution in [0.2, 0.25) is 0 Å². The number of hydrogen-bond acceptors (Lipinski definition) is 2. The molecule has 0 radical (unpaired) electrons. The lowest BCUT2D eigenvalue weighted by atomic mass is 10.1. The van der Waals surface area contributed by atoms with E-state index in [1.54, 1.807) is 0 Å². The summed E-state index contributed by atoms with van der Waals surface area (Å²) in [5.74, 6) is 3.33. The van der Waals surface area contributed by atoms with Crippen LogP contribution in [0.4, 0.5) is 0 Å². The van der Waals surface area contributed by atoms with Gasteiger partial charge >= 0.3 is 0 Å². The van der Waals surface area contributed by atoms with E-state index in [1.165, 1.54) is 12.8 Å². The molecule has 2 heteroatoms. The van der Waals surface area contributed by atoms with E-state index in [0.717, 1.165) is 29.7 Å². The van der Waals surface area contributed by atoms with Crippen LogP contribution in [0, 0.1) is 12.8 Å². The molecule has 2 nitrogen and oxygen atoms in total. The molecule has 0 N–H and O–H groups in total. The second-order valence-electron chi connectivity index (χ2n) is 4.36. The van der Waals surface area contributed by atoms with Crippen molar-refractivity contribution >= 4 is 0 Å². The molecule has 1 saturated carbocycles. The quantitative estimate of drug-likeness (QED) is 0.712. The number of aromatic nitrogens is 1. The van der Waals surface area contributed by atoms with Gasteiger partial charge < -0.3 is 4.42 Å². The van der Waals surface area contributed by atoms with E-state index in [4.69, 9.17) is 4.42 Å². The van der Waals surface area contributed by atoms with Crippen LogP contribution in [-0.2, 0) is 6.42 Å². The maximum Gasteiger partial charge on any atom is 0.194 e. The van der Waals surface area contributed by atoms with Crippen molar-refractivity contribution in [1.29, 1.82) is 0 Å². The zero-order valence-electron chi connectivity index (χ0n) is 8.63. The van der Waals surface area contributed by atoms with Gasteiger partial charge in [0.25, 0.3) is 0 Å². The molecule has 0 aromatic carbocycles. The first kappa shape index (κ1) is 8.79. The summed E-state index contributed by atoms with van der Waals surface area (Å²) in [6.45, 7) is 6.33. The number of rotatable bonds is 3. The van der Waals surface area contributed by atoms with Gasteiger partial charge in [-0.25, -0.2) is 4.98 Å². The molecule has 1 aromatic rings. The van der Waals surface area contributed by atoms with Crippen LogP contribution < -0.4 is 0 Å². The average molecular weight is 179 g/mol. The minimum atomic E-state index is 0.459. The van der Waals surface area contributed by atoms with Gasteiger partial charge in [0.05, 0.1) is 5.69 Å². The first-order valence-electron chi connectivity index (χ1n) is 5.13. The van der Waals surface area contributed by atoms with Gasteiger partial charge in [-0.2, -0.15) is 0 Å². The number of aryl methyl sites for hydroxylation is 1.